The van der Waals surface area contributed by atoms with Gasteiger partial charge in [-0.1, -0.05) is 33.1 Å². The lowest BCUT2D eigenvalue weighted by Gasteiger charge is -2.30. The zero-order chi connectivity index (χ0) is 12.2. The van der Waals surface area contributed by atoms with E-state index in [4.69, 9.17) is 5.73 Å². The molecule has 1 aliphatic rings. The quantitative estimate of drug-likeness (QED) is 0.651. The second kappa shape index (κ2) is 5.64. The summed E-state index contributed by atoms with van der Waals surface area (Å²) >= 11 is 0. The van der Waals surface area contributed by atoms with Gasteiger partial charge >= 0.3 is 0 Å². The molecule has 0 aliphatic heterocycles. The molecule has 4 N–H and O–H groups in total. The first-order valence-corrected chi connectivity index (χ1v) is 6.23. The highest BCUT2D eigenvalue weighted by Gasteiger charge is 2.36. The zero-order valence-electron chi connectivity index (χ0n) is 10.3. The van der Waals surface area contributed by atoms with Crippen LogP contribution < -0.4 is 11.1 Å². The van der Waals surface area contributed by atoms with E-state index in [2.05, 4.69) is 5.32 Å². The van der Waals surface area contributed by atoms with Gasteiger partial charge in [-0.2, -0.15) is 0 Å². The minimum atomic E-state index is -0.464. The average molecular weight is 228 g/mol. The minimum Gasteiger partial charge on any atom is -0.394 e. The SMILES string of the molecule is CCC(C)C(N)C(=O)NC1(CO)CCCC1. The second-order valence-corrected chi connectivity index (χ2v) is 5.05. The van der Waals surface area contributed by atoms with Gasteiger partial charge in [0.15, 0.2) is 0 Å². The van der Waals surface area contributed by atoms with Crippen molar-refractivity contribution in [2.45, 2.75) is 57.5 Å². The van der Waals surface area contributed by atoms with Crippen molar-refractivity contribution in [3.8, 4) is 0 Å². The summed E-state index contributed by atoms with van der Waals surface area (Å²) in [5, 5.41) is 12.3. The number of nitrogens with two attached hydrogens (primary N) is 1. The van der Waals surface area contributed by atoms with Crippen LogP contribution in [0, 0.1) is 5.92 Å². The summed E-state index contributed by atoms with van der Waals surface area (Å²) in [7, 11) is 0. The molecular formula is C12H24N2O2. The molecule has 1 amide bonds. The monoisotopic (exact) mass is 228 g/mol. The number of amides is 1. The molecule has 2 unspecified atom stereocenters. The first-order chi connectivity index (χ1) is 7.54. The van der Waals surface area contributed by atoms with Crippen LogP contribution >= 0.6 is 0 Å². The fourth-order valence-corrected chi connectivity index (χ4v) is 2.23. The Labute approximate surface area is 97.6 Å². The minimum absolute atomic E-state index is 0.0198. The maximum Gasteiger partial charge on any atom is 0.237 e. The van der Waals surface area contributed by atoms with Crippen molar-refractivity contribution in [1.82, 2.24) is 5.32 Å². The molecule has 2 atom stereocenters. The Morgan fingerprint density at radius 3 is 2.50 bits per heavy atom. The van der Waals surface area contributed by atoms with Crippen molar-refractivity contribution < 1.29 is 9.90 Å². The highest BCUT2D eigenvalue weighted by molar-refractivity contribution is 5.82. The number of rotatable bonds is 5. The van der Waals surface area contributed by atoms with Crippen molar-refractivity contribution in [2.75, 3.05) is 6.61 Å². The van der Waals surface area contributed by atoms with Gasteiger partial charge in [-0.25, -0.2) is 0 Å². The van der Waals surface area contributed by atoms with Gasteiger partial charge in [0.05, 0.1) is 18.2 Å². The van der Waals surface area contributed by atoms with E-state index >= 15 is 0 Å². The van der Waals surface area contributed by atoms with Gasteiger partial charge in [0, 0.05) is 0 Å². The molecule has 0 radical (unpaired) electrons. The van der Waals surface area contributed by atoms with E-state index in [0.717, 1.165) is 32.1 Å². The first kappa shape index (κ1) is 13.5. The van der Waals surface area contributed by atoms with Gasteiger partial charge in [0.1, 0.15) is 0 Å². The van der Waals surface area contributed by atoms with E-state index in [9.17, 15) is 9.90 Å². The summed E-state index contributed by atoms with van der Waals surface area (Å²) in [6, 6.07) is -0.464. The van der Waals surface area contributed by atoms with Gasteiger partial charge in [0.2, 0.25) is 5.91 Å². The molecule has 0 aromatic carbocycles. The fourth-order valence-electron chi connectivity index (χ4n) is 2.23. The van der Waals surface area contributed by atoms with Crippen molar-refractivity contribution in [1.29, 1.82) is 0 Å². The number of nitrogens with one attached hydrogen (secondary N) is 1. The number of carbonyl (C=O) groups excluding carboxylic acids is 1. The number of aliphatic hydroxyl groups is 1. The molecule has 4 heteroatoms. The second-order valence-electron chi connectivity index (χ2n) is 5.05. The molecule has 0 aromatic heterocycles. The normalized spacial score (nSPS) is 22.8. The van der Waals surface area contributed by atoms with Crippen molar-refractivity contribution in [3.05, 3.63) is 0 Å². The predicted molar refractivity (Wildman–Crippen MR) is 63.9 cm³/mol. The molecule has 1 aliphatic carbocycles. The Morgan fingerprint density at radius 2 is 2.06 bits per heavy atom. The van der Waals surface area contributed by atoms with E-state index in [1.165, 1.54) is 0 Å². The molecule has 4 nitrogen and oxygen atoms in total. The van der Waals surface area contributed by atoms with Crippen LogP contribution in [0.3, 0.4) is 0 Å². The van der Waals surface area contributed by atoms with Crippen LogP contribution in [0.15, 0.2) is 0 Å². The molecule has 94 valence electrons. The molecule has 0 spiro atoms. The summed E-state index contributed by atoms with van der Waals surface area (Å²) in [6.07, 6.45) is 4.75. The molecule has 0 heterocycles. The van der Waals surface area contributed by atoms with Crippen molar-refractivity contribution in [3.63, 3.8) is 0 Å². The molecule has 0 saturated heterocycles. The Bertz CT molecular complexity index is 237. The fraction of sp³-hybridized carbons (Fsp3) is 0.917. The van der Waals surface area contributed by atoms with E-state index in [1.807, 2.05) is 13.8 Å². The maximum atomic E-state index is 11.9. The third-order valence-electron chi connectivity index (χ3n) is 3.81. The Morgan fingerprint density at radius 1 is 1.50 bits per heavy atom. The topological polar surface area (TPSA) is 75.4 Å². The van der Waals surface area contributed by atoms with Crippen molar-refractivity contribution >= 4 is 5.91 Å². The molecule has 0 bridgehead atoms. The maximum absolute atomic E-state index is 11.9. The molecule has 0 aromatic rings. The summed E-state index contributed by atoms with van der Waals surface area (Å²) < 4.78 is 0. The third kappa shape index (κ3) is 2.95. The van der Waals surface area contributed by atoms with Crippen LogP contribution in [0.4, 0.5) is 0 Å². The Hall–Kier alpha value is -0.610. The lowest BCUT2D eigenvalue weighted by atomic mass is 9.95. The van der Waals surface area contributed by atoms with Crippen LogP contribution in [-0.4, -0.2) is 29.2 Å². The lowest BCUT2D eigenvalue weighted by Crippen LogP contribution is -2.55. The van der Waals surface area contributed by atoms with Crippen molar-refractivity contribution in [2.24, 2.45) is 11.7 Å². The van der Waals surface area contributed by atoms with Gasteiger partial charge in [0.25, 0.3) is 0 Å². The van der Waals surface area contributed by atoms with Gasteiger partial charge < -0.3 is 16.2 Å². The summed E-state index contributed by atoms with van der Waals surface area (Å²) in [5.74, 6) is 0.0578. The van der Waals surface area contributed by atoms with E-state index < -0.39 is 11.6 Å². The predicted octanol–water partition coefficient (Wildman–Crippen LogP) is 0.781. The molecular weight excluding hydrogens is 204 g/mol. The van der Waals surface area contributed by atoms with Gasteiger partial charge in [-0.15, -0.1) is 0 Å². The van der Waals surface area contributed by atoms with Gasteiger partial charge in [-0.3, -0.25) is 4.79 Å². The highest BCUT2D eigenvalue weighted by Crippen LogP contribution is 2.29. The summed E-state index contributed by atoms with van der Waals surface area (Å²) in [6.45, 7) is 4.02. The highest BCUT2D eigenvalue weighted by atomic mass is 16.3. The van der Waals surface area contributed by atoms with Crippen LogP contribution in [0.1, 0.15) is 46.0 Å². The molecule has 1 saturated carbocycles. The van der Waals surface area contributed by atoms with E-state index in [-0.39, 0.29) is 18.4 Å². The lowest BCUT2D eigenvalue weighted by molar-refractivity contribution is -0.125. The van der Waals surface area contributed by atoms with E-state index in [1.54, 1.807) is 0 Å². The number of hydrogen-bond donors (Lipinski definition) is 3. The number of hydrogen-bond acceptors (Lipinski definition) is 3. The van der Waals surface area contributed by atoms with Crippen LogP contribution in [-0.2, 0) is 4.79 Å². The van der Waals surface area contributed by atoms with Crippen LogP contribution in [0.25, 0.3) is 0 Å². The smallest absolute Gasteiger partial charge is 0.237 e. The average Bonchev–Trinajstić information content (AvgIpc) is 2.76. The largest absolute Gasteiger partial charge is 0.394 e. The molecule has 1 fully saturated rings. The zero-order valence-corrected chi connectivity index (χ0v) is 10.3. The third-order valence-corrected chi connectivity index (χ3v) is 3.81. The van der Waals surface area contributed by atoms with Gasteiger partial charge in [-0.05, 0) is 18.8 Å². The van der Waals surface area contributed by atoms with E-state index in [0.29, 0.717) is 0 Å². The number of carbonyl (C=O) groups is 1. The Kier molecular flexibility index (Phi) is 4.74. The summed E-state index contributed by atoms with van der Waals surface area (Å²) in [5.41, 5.74) is 5.47. The standard InChI is InChI=1S/C12H24N2O2/c1-3-9(2)10(13)11(16)14-12(8-15)6-4-5-7-12/h9-10,15H,3-8,13H2,1-2H3,(H,14,16). The Balaban J connectivity index is 2.55. The van der Waals surface area contributed by atoms with Crippen LogP contribution in [0.2, 0.25) is 0 Å². The molecule has 1 rings (SSSR count). The number of aliphatic hydroxyl groups excluding tert-OH is 1. The van der Waals surface area contributed by atoms with Crippen LogP contribution in [0.5, 0.6) is 0 Å². The summed E-state index contributed by atoms with van der Waals surface area (Å²) in [4.78, 5) is 11.9. The first-order valence-electron chi connectivity index (χ1n) is 6.23. The molecule has 16 heavy (non-hydrogen) atoms.